The van der Waals surface area contributed by atoms with Gasteiger partial charge in [-0.1, -0.05) is 24.2 Å². The second-order valence-corrected chi connectivity index (χ2v) is 10.1. The van der Waals surface area contributed by atoms with Gasteiger partial charge in [-0.05, 0) is 37.1 Å². The Morgan fingerprint density at radius 2 is 2.03 bits per heavy atom. The fourth-order valence-electron chi connectivity index (χ4n) is 5.72. The third kappa shape index (κ3) is 3.90. The Morgan fingerprint density at radius 1 is 1.24 bits per heavy atom. The molecule has 11 heteroatoms. The lowest BCUT2D eigenvalue weighted by atomic mass is 9.99. The quantitative estimate of drug-likeness (QED) is 0.508. The maximum absolute atomic E-state index is 15.0. The van der Waals surface area contributed by atoms with E-state index in [0.29, 0.717) is 62.4 Å². The van der Waals surface area contributed by atoms with Crippen molar-refractivity contribution in [2.75, 3.05) is 44.4 Å². The minimum atomic E-state index is -0.655. The number of amides is 1. The first-order chi connectivity index (χ1) is 18.4. The number of hydrogen-bond donors (Lipinski definition) is 1. The van der Waals surface area contributed by atoms with Gasteiger partial charge in [0.2, 0.25) is 5.91 Å². The molecule has 9 nitrogen and oxygen atoms in total. The predicted molar refractivity (Wildman–Crippen MR) is 141 cm³/mol. The third-order valence-electron chi connectivity index (χ3n) is 7.57. The number of anilines is 1. The largest absolute Gasteiger partial charge is 0.507 e. The summed E-state index contributed by atoms with van der Waals surface area (Å²) in [6.45, 7) is 5.95. The lowest BCUT2D eigenvalue weighted by Gasteiger charge is -2.40. The standard InChI is InChI=1S/C27H26ClFN4O5/c1-2-21(35)31-8-9-32-16(13-31)14-38-25-23-19(12-17(24(25)28)22-18(29)4-3-5-20(22)34)33(27(36)30-26(23)32)15-6-10-37-11-7-15/h2-5,12,15-16,34H,1,6-11,13-14H2/t16-/m0/s1. The van der Waals surface area contributed by atoms with Crippen molar-refractivity contribution in [2.24, 2.45) is 0 Å². The van der Waals surface area contributed by atoms with Gasteiger partial charge >= 0.3 is 5.69 Å². The number of aromatic nitrogens is 2. The van der Waals surface area contributed by atoms with E-state index in [2.05, 4.69) is 11.6 Å². The van der Waals surface area contributed by atoms with Crippen molar-refractivity contribution >= 4 is 34.2 Å². The SMILES string of the molecule is C=CC(=O)N1CCN2c3nc(=O)n(C4CCOCC4)c4cc(-c5c(O)cccc5F)c(Cl)c(c34)OC[C@@H]2C1. The van der Waals surface area contributed by atoms with Crippen LogP contribution in [0.3, 0.4) is 0 Å². The first kappa shape index (κ1) is 24.7. The van der Waals surface area contributed by atoms with Crippen LogP contribution >= 0.6 is 11.6 Å². The molecule has 3 aliphatic rings. The number of fused-ring (bicyclic) bond motifs is 2. The number of phenolic OH excluding ortho intramolecular Hbond substituents is 1. The first-order valence-corrected chi connectivity index (χ1v) is 12.9. The van der Waals surface area contributed by atoms with Gasteiger partial charge < -0.3 is 24.4 Å². The van der Waals surface area contributed by atoms with E-state index < -0.39 is 11.5 Å². The molecule has 0 unspecified atom stereocenters. The van der Waals surface area contributed by atoms with Crippen LogP contribution in [-0.4, -0.2) is 71.0 Å². The minimum Gasteiger partial charge on any atom is -0.507 e. The monoisotopic (exact) mass is 540 g/mol. The Bertz CT molecular complexity index is 1500. The van der Waals surface area contributed by atoms with E-state index in [9.17, 15) is 14.7 Å². The number of ether oxygens (including phenoxy) is 2. The smallest absolute Gasteiger partial charge is 0.350 e. The average molecular weight is 541 g/mol. The van der Waals surface area contributed by atoms with Gasteiger partial charge in [0.15, 0.2) is 5.75 Å². The number of carbonyl (C=O) groups excluding carboxylic acids is 1. The van der Waals surface area contributed by atoms with Crippen molar-refractivity contribution in [3.63, 3.8) is 0 Å². The number of aromatic hydroxyl groups is 1. The summed E-state index contributed by atoms with van der Waals surface area (Å²) in [6.07, 6.45) is 2.50. The van der Waals surface area contributed by atoms with Gasteiger partial charge in [-0.15, -0.1) is 0 Å². The van der Waals surface area contributed by atoms with Crippen molar-refractivity contribution in [3.05, 3.63) is 58.2 Å². The lowest BCUT2D eigenvalue weighted by molar-refractivity contribution is -0.126. The summed E-state index contributed by atoms with van der Waals surface area (Å²) in [5.41, 5.74) is 0.189. The maximum Gasteiger partial charge on any atom is 0.350 e. The number of carbonyl (C=O) groups is 1. The molecule has 1 aromatic heterocycles. The molecule has 3 aromatic rings. The molecule has 0 saturated carbocycles. The number of nitrogens with zero attached hydrogens (tertiary/aromatic N) is 4. The Balaban J connectivity index is 1.62. The molecule has 0 radical (unpaired) electrons. The summed E-state index contributed by atoms with van der Waals surface area (Å²) in [5.74, 6) is -0.437. The van der Waals surface area contributed by atoms with Crippen molar-refractivity contribution in [3.8, 4) is 22.6 Å². The molecular weight excluding hydrogens is 515 g/mol. The van der Waals surface area contributed by atoms with E-state index in [4.69, 9.17) is 21.1 Å². The third-order valence-corrected chi connectivity index (χ3v) is 7.94. The number of halogens is 2. The van der Waals surface area contributed by atoms with Gasteiger partial charge in [0.1, 0.15) is 24.0 Å². The number of benzene rings is 2. The maximum atomic E-state index is 15.0. The van der Waals surface area contributed by atoms with Crippen molar-refractivity contribution < 1.29 is 23.8 Å². The van der Waals surface area contributed by atoms with Crippen LogP contribution in [0.15, 0.2) is 41.7 Å². The molecule has 1 N–H and O–H groups in total. The fraction of sp³-hybridized carbons (Fsp3) is 0.370. The van der Waals surface area contributed by atoms with Crippen LogP contribution in [0.1, 0.15) is 18.9 Å². The lowest BCUT2D eigenvalue weighted by Crippen LogP contribution is -2.56. The van der Waals surface area contributed by atoms with Crippen molar-refractivity contribution in [1.29, 1.82) is 0 Å². The molecule has 198 valence electrons. The van der Waals surface area contributed by atoms with Crippen LogP contribution in [0.2, 0.25) is 5.02 Å². The van der Waals surface area contributed by atoms with E-state index in [1.807, 2.05) is 4.90 Å². The molecule has 2 saturated heterocycles. The predicted octanol–water partition coefficient (Wildman–Crippen LogP) is 3.51. The summed E-state index contributed by atoms with van der Waals surface area (Å²) in [7, 11) is 0. The zero-order valence-electron chi connectivity index (χ0n) is 20.5. The van der Waals surface area contributed by atoms with Gasteiger partial charge in [-0.3, -0.25) is 9.36 Å². The molecule has 0 spiro atoms. The molecule has 38 heavy (non-hydrogen) atoms. The van der Waals surface area contributed by atoms with Crippen LogP contribution in [0, 0.1) is 5.82 Å². The van der Waals surface area contributed by atoms with Crippen LogP contribution in [0.4, 0.5) is 10.2 Å². The Hall–Kier alpha value is -3.63. The molecule has 4 heterocycles. The summed E-state index contributed by atoms with van der Waals surface area (Å²) in [6, 6.07) is 5.19. The highest BCUT2D eigenvalue weighted by Gasteiger charge is 2.37. The molecule has 2 aromatic carbocycles. The summed E-state index contributed by atoms with van der Waals surface area (Å²) >= 11 is 6.89. The fourth-order valence-corrected chi connectivity index (χ4v) is 6.01. The van der Waals surface area contributed by atoms with Crippen LogP contribution in [0.5, 0.6) is 11.5 Å². The Morgan fingerprint density at radius 3 is 2.76 bits per heavy atom. The highest BCUT2D eigenvalue weighted by molar-refractivity contribution is 6.36. The van der Waals surface area contributed by atoms with E-state index in [1.165, 1.54) is 24.3 Å². The van der Waals surface area contributed by atoms with Gasteiger partial charge in [-0.2, -0.15) is 4.98 Å². The molecular formula is C27H26ClFN4O5. The molecule has 3 aliphatic heterocycles. The van der Waals surface area contributed by atoms with Crippen molar-refractivity contribution in [2.45, 2.75) is 24.9 Å². The summed E-state index contributed by atoms with van der Waals surface area (Å²) < 4.78 is 28.5. The van der Waals surface area contributed by atoms with Crippen LogP contribution in [-0.2, 0) is 9.53 Å². The van der Waals surface area contributed by atoms with Gasteiger partial charge in [-0.25, -0.2) is 9.18 Å². The minimum absolute atomic E-state index is 0.0756. The second-order valence-electron chi connectivity index (χ2n) is 9.67. The topological polar surface area (TPSA) is 97.1 Å². The first-order valence-electron chi connectivity index (χ1n) is 12.5. The average Bonchev–Trinajstić information content (AvgIpc) is 3.08. The van der Waals surface area contributed by atoms with E-state index in [-0.39, 0.29) is 52.2 Å². The molecule has 1 atom stereocenters. The Kier molecular flexibility index (Phi) is 6.23. The molecule has 6 rings (SSSR count). The molecule has 0 aliphatic carbocycles. The number of phenols is 1. The van der Waals surface area contributed by atoms with Crippen LogP contribution in [0.25, 0.3) is 22.0 Å². The summed E-state index contributed by atoms with van der Waals surface area (Å²) in [5, 5.41) is 11.2. The number of rotatable bonds is 3. The highest BCUT2D eigenvalue weighted by atomic mass is 35.5. The summed E-state index contributed by atoms with van der Waals surface area (Å²) in [4.78, 5) is 34.1. The second kappa shape index (κ2) is 9.59. The zero-order valence-corrected chi connectivity index (χ0v) is 21.3. The zero-order chi connectivity index (χ0) is 26.6. The van der Waals surface area contributed by atoms with Gasteiger partial charge in [0.05, 0.1) is 27.5 Å². The molecule has 2 fully saturated rings. The van der Waals surface area contributed by atoms with E-state index in [1.54, 1.807) is 15.5 Å². The number of piperazine rings is 1. The normalized spacial score (nSPS) is 19.6. The van der Waals surface area contributed by atoms with E-state index >= 15 is 4.39 Å². The number of hydrogen-bond acceptors (Lipinski definition) is 7. The van der Waals surface area contributed by atoms with Crippen molar-refractivity contribution in [1.82, 2.24) is 14.5 Å². The van der Waals surface area contributed by atoms with Gasteiger partial charge in [0.25, 0.3) is 0 Å². The van der Waals surface area contributed by atoms with E-state index in [0.717, 1.165) is 0 Å². The van der Waals surface area contributed by atoms with Gasteiger partial charge in [0, 0.05) is 44.5 Å². The molecule has 0 bridgehead atoms. The molecule has 1 amide bonds. The van der Waals surface area contributed by atoms with Crippen LogP contribution < -0.4 is 15.3 Å². The Labute approximate surface area is 222 Å². The highest BCUT2D eigenvalue weighted by Crippen LogP contribution is 2.48.